The molecule has 2 saturated heterocycles. The number of nitrogens with one attached hydrogen (secondary N) is 1. The minimum atomic E-state index is -0.270. The number of para-hydroxylation sites is 1. The van der Waals surface area contributed by atoms with Crippen molar-refractivity contribution in [1.29, 1.82) is 0 Å². The molecule has 6 nitrogen and oxygen atoms in total. The van der Waals surface area contributed by atoms with E-state index in [1.54, 1.807) is 7.11 Å². The molecule has 0 aromatic heterocycles. The lowest BCUT2D eigenvalue weighted by Crippen LogP contribution is -2.50. The van der Waals surface area contributed by atoms with Gasteiger partial charge in [0.1, 0.15) is 5.75 Å². The van der Waals surface area contributed by atoms with E-state index >= 15 is 0 Å². The van der Waals surface area contributed by atoms with E-state index < -0.39 is 0 Å². The summed E-state index contributed by atoms with van der Waals surface area (Å²) in [6.45, 7) is 4.59. The smallest absolute Gasteiger partial charge is 0.228 e. The Morgan fingerprint density at radius 1 is 1.32 bits per heavy atom. The number of amides is 2. The molecule has 6 heteroatoms. The van der Waals surface area contributed by atoms with Gasteiger partial charge < -0.3 is 19.9 Å². The quantitative estimate of drug-likeness (QED) is 0.781. The van der Waals surface area contributed by atoms with Crippen LogP contribution in [0.25, 0.3) is 0 Å². The number of piperidine rings is 1. The van der Waals surface area contributed by atoms with Crippen molar-refractivity contribution >= 4 is 11.8 Å². The summed E-state index contributed by atoms with van der Waals surface area (Å²) in [5.41, 5.74) is 0.936. The number of hydrogen-bond donors (Lipinski definition) is 1. The summed E-state index contributed by atoms with van der Waals surface area (Å²) in [5, 5.41) is 3.34. The van der Waals surface area contributed by atoms with Crippen LogP contribution in [0.5, 0.6) is 5.75 Å². The van der Waals surface area contributed by atoms with Crippen LogP contribution in [0.3, 0.4) is 0 Å². The molecule has 2 amide bonds. The van der Waals surface area contributed by atoms with Gasteiger partial charge in [0.15, 0.2) is 0 Å². The van der Waals surface area contributed by atoms with Crippen molar-refractivity contribution < 1.29 is 14.3 Å². The zero-order valence-corrected chi connectivity index (χ0v) is 17.3. The average molecular weight is 388 g/mol. The SMILES string of the molecule is CCCCN1C(=O)CCC(C(=O)N(C)C2CCNC2)C1c1ccccc1OC. The molecular weight excluding hydrogens is 354 g/mol. The van der Waals surface area contributed by atoms with Gasteiger partial charge in [-0.05, 0) is 31.9 Å². The monoisotopic (exact) mass is 387 g/mol. The highest BCUT2D eigenvalue weighted by atomic mass is 16.5. The van der Waals surface area contributed by atoms with Crippen LogP contribution in [-0.4, -0.2) is 61.4 Å². The topological polar surface area (TPSA) is 61.9 Å². The van der Waals surface area contributed by atoms with Crippen LogP contribution < -0.4 is 10.1 Å². The van der Waals surface area contributed by atoms with Crippen molar-refractivity contribution in [3.8, 4) is 5.75 Å². The average Bonchev–Trinajstić information content (AvgIpc) is 3.26. The Balaban J connectivity index is 1.95. The highest BCUT2D eigenvalue weighted by Crippen LogP contribution is 2.41. The summed E-state index contributed by atoms with van der Waals surface area (Å²) in [7, 11) is 3.55. The Morgan fingerprint density at radius 3 is 2.79 bits per heavy atom. The fourth-order valence-electron chi connectivity index (χ4n) is 4.51. The highest BCUT2D eigenvalue weighted by Gasteiger charge is 2.43. The molecule has 0 aliphatic carbocycles. The summed E-state index contributed by atoms with van der Waals surface area (Å²) in [6, 6.07) is 7.76. The van der Waals surface area contributed by atoms with Crippen molar-refractivity contribution in [1.82, 2.24) is 15.1 Å². The molecule has 0 saturated carbocycles. The van der Waals surface area contributed by atoms with Crippen LogP contribution in [0.1, 0.15) is 50.6 Å². The molecule has 3 atom stereocenters. The Labute approximate surface area is 168 Å². The van der Waals surface area contributed by atoms with E-state index in [2.05, 4.69) is 12.2 Å². The normalized spacial score (nSPS) is 25.0. The van der Waals surface area contributed by atoms with Gasteiger partial charge in [0.05, 0.1) is 19.1 Å². The van der Waals surface area contributed by atoms with Gasteiger partial charge in [-0.15, -0.1) is 0 Å². The first kappa shape index (κ1) is 20.6. The lowest BCUT2D eigenvalue weighted by atomic mass is 9.82. The molecule has 2 aliphatic heterocycles. The molecule has 1 aromatic carbocycles. The maximum Gasteiger partial charge on any atom is 0.228 e. The third kappa shape index (κ3) is 4.17. The molecule has 2 fully saturated rings. The van der Waals surface area contributed by atoms with Crippen LogP contribution in [-0.2, 0) is 9.59 Å². The number of benzene rings is 1. The van der Waals surface area contributed by atoms with E-state index in [1.165, 1.54) is 0 Å². The van der Waals surface area contributed by atoms with Crippen molar-refractivity contribution in [3.05, 3.63) is 29.8 Å². The second kappa shape index (κ2) is 9.41. The predicted molar refractivity (Wildman–Crippen MR) is 109 cm³/mol. The van der Waals surface area contributed by atoms with Gasteiger partial charge in [-0.25, -0.2) is 0 Å². The number of hydrogen-bond acceptors (Lipinski definition) is 4. The Morgan fingerprint density at radius 2 is 2.11 bits per heavy atom. The largest absolute Gasteiger partial charge is 0.496 e. The molecule has 154 valence electrons. The maximum atomic E-state index is 13.5. The van der Waals surface area contributed by atoms with E-state index in [9.17, 15) is 9.59 Å². The van der Waals surface area contributed by atoms with E-state index in [0.717, 1.165) is 43.7 Å². The Hall–Kier alpha value is -2.08. The first-order chi connectivity index (χ1) is 13.6. The molecule has 3 rings (SSSR count). The van der Waals surface area contributed by atoms with Gasteiger partial charge in [0.2, 0.25) is 11.8 Å². The molecule has 0 radical (unpaired) electrons. The van der Waals surface area contributed by atoms with Crippen LogP contribution in [0.4, 0.5) is 0 Å². The Bertz CT molecular complexity index is 687. The zero-order chi connectivity index (χ0) is 20.1. The summed E-state index contributed by atoms with van der Waals surface area (Å²) in [6.07, 6.45) is 3.94. The highest BCUT2D eigenvalue weighted by molar-refractivity contribution is 5.85. The number of unbranched alkanes of at least 4 members (excludes halogenated alkanes) is 1. The minimum absolute atomic E-state index is 0.138. The van der Waals surface area contributed by atoms with Gasteiger partial charge in [0.25, 0.3) is 0 Å². The van der Waals surface area contributed by atoms with Gasteiger partial charge >= 0.3 is 0 Å². The zero-order valence-electron chi connectivity index (χ0n) is 17.3. The second-order valence-corrected chi connectivity index (χ2v) is 7.87. The number of ether oxygens (including phenoxy) is 1. The molecule has 0 spiro atoms. The van der Waals surface area contributed by atoms with Crippen molar-refractivity contribution in [2.24, 2.45) is 5.92 Å². The molecule has 28 heavy (non-hydrogen) atoms. The molecule has 3 unspecified atom stereocenters. The van der Waals surface area contributed by atoms with Crippen LogP contribution >= 0.6 is 0 Å². The fraction of sp³-hybridized carbons (Fsp3) is 0.636. The Kier molecular flexibility index (Phi) is 6.94. The lowest BCUT2D eigenvalue weighted by molar-refractivity contribution is -0.148. The van der Waals surface area contributed by atoms with Gasteiger partial charge in [-0.3, -0.25) is 9.59 Å². The predicted octanol–water partition coefficient (Wildman–Crippen LogP) is 2.60. The van der Waals surface area contributed by atoms with Crippen LogP contribution in [0.15, 0.2) is 24.3 Å². The molecule has 1 N–H and O–H groups in total. The molecular formula is C22H33N3O3. The van der Waals surface area contributed by atoms with Crippen LogP contribution in [0, 0.1) is 5.92 Å². The number of carbonyl (C=O) groups is 2. The fourth-order valence-corrected chi connectivity index (χ4v) is 4.51. The standard InChI is InChI=1S/C22H33N3O3/c1-4-5-14-25-20(26)11-10-18(22(27)24(2)16-12-13-23-15-16)21(25)17-8-6-7-9-19(17)28-3/h6-9,16,18,21,23H,4-5,10-15H2,1-3H3. The number of carbonyl (C=O) groups excluding carboxylic acids is 2. The van der Waals surface area contributed by atoms with Crippen molar-refractivity contribution in [3.63, 3.8) is 0 Å². The van der Waals surface area contributed by atoms with Gasteiger partial charge in [-0.2, -0.15) is 0 Å². The maximum absolute atomic E-state index is 13.5. The number of methoxy groups -OCH3 is 1. The van der Waals surface area contributed by atoms with Crippen molar-refractivity contribution in [2.75, 3.05) is 33.8 Å². The lowest BCUT2D eigenvalue weighted by Gasteiger charge is -2.43. The first-order valence-electron chi connectivity index (χ1n) is 10.5. The second-order valence-electron chi connectivity index (χ2n) is 7.87. The first-order valence-corrected chi connectivity index (χ1v) is 10.5. The van der Waals surface area contributed by atoms with E-state index in [0.29, 0.717) is 19.4 Å². The molecule has 0 bridgehead atoms. The molecule has 1 aromatic rings. The van der Waals surface area contributed by atoms with E-state index in [-0.39, 0.29) is 29.8 Å². The summed E-state index contributed by atoms with van der Waals surface area (Å²) in [5.74, 6) is 0.778. The van der Waals surface area contributed by atoms with Gasteiger partial charge in [-0.1, -0.05) is 31.5 Å². The van der Waals surface area contributed by atoms with E-state index in [4.69, 9.17) is 4.74 Å². The summed E-state index contributed by atoms with van der Waals surface area (Å²) in [4.78, 5) is 30.2. The third-order valence-corrected chi connectivity index (χ3v) is 6.16. The van der Waals surface area contributed by atoms with Crippen LogP contribution in [0.2, 0.25) is 0 Å². The number of nitrogens with zero attached hydrogens (tertiary/aromatic N) is 2. The molecule has 2 heterocycles. The van der Waals surface area contributed by atoms with E-state index in [1.807, 2.05) is 41.1 Å². The van der Waals surface area contributed by atoms with Crippen molar-refractivity contribution in [2.45, 2.75) is 51.1 Å². The number of rotatable bonds is 7. The minimum Gasteiger partial charge on any atom is -0.496 e. The number of likely N-dealkylation sites (N-methyl/N-ethyl adjacent to an activating group) is 1. The summed E-state index contributed by atoms with van der Waals surface area (Å²) < 4.78 is 5.60. The molecule has 2 aliphatic rings. The number of likely N-dealkylation sites (tertiary alicyclic amines) is 1. The third-order valence-electron chi connectivity index (χ3n) is 6.16. The van der Waals surface area contributed by atoms with Gasteiger partial charge in [0, 0.05) is 38.2 Å². The summed E-state index contributed by atoms with van der Waals surface area (Å²) >= 11 is 0.